The van der Waals surface area contributed by atoms with Crippen molar-refractivity contribution in [2.75, 3.05) is 13.2 Å². The number of esters is 3. The molecule has 0 aliphatic heterocycles. The van der Waals surface area contributed by atoms with Crippen LogP contribution >= 0.6 is 0 Å². The molecule has 0 aliphatic rings. The van der Waals surface area contributed by atoms with Gasteiger partial charge in [-0.1, -0.05) is 340 Å². The van der Waals surface area contributed by atoms with Gasteiger partial charge in [-0.3, -0.25) is 14.4 Å². The Balaban J connectivity index is 4.17. The lowest BCUT2D eigenvalue weighted by molar-refractivity contribution is -0.166. The van der Waals surface area contributed by atoms with Crippen LogP contribution in [0.15, 0.2) is 24.3 Å². The van der Waals surface area contributed by atoms with E-state index in [0.29, 0.717) is 19.3 Å². The zero-order valence-electron chi connectivity index (χ0n) is 50.1. The third kappa shape index (κ3) is 60.8. The first kappa shape index (κ1) is 71.9. The van der Waals surface area contributed by atoms with Gasteiger partial charge in [0.05, 0.1) is 0 Å². The molecule has 0 radical (unpaired) electrons. The summed E-state index contributed by atoms with van der Waals surface area (Å²) in [5.41, 5.74) is 0. The van der Waals surface area contributed by atoms with Crippen molar-refractivity contribution in [2.24, 2.45) is 0 Å². The second kappa shape index (κ2) is 63.4. The molecule has 0 aromatic rings. The van der Waals surface area contributed by atoms with Gasteiger partial charge in [0.1, 0.15) is 13.2 Å². The molecule has 0 saturated heterocycles. The topological polar surface area (TPSA) is 78.9 Å². The number of allylic oxidation sites excluding steroid dienone is 4. The van der Waals surface area contributed by atoms with Gasteiger partial charge in [-0.25, -0.2) is 0 Å². The predicted octanol–water partition coefficient (Wildman–Crippen LogP) is 22.6. The normalized spacial score (nSPS) is 12.1. The second-order valence-electron chi connectivity index (χ2n) is 22.7. The van der Waals surface area contributed by atoms with Crippen LogP contribution in [0.4, 0.5) is 0 Å². The van der Waals surface area contributed by atoms with Gasteiger partial charge in [-0.15, -0.1) is 0 Å². The van der Waals surface area contributed by atoms with E-state index in [-0.39, 0.29) is 37.5 Å². The number of hydrogen-bond acceptors (Lipinski definition) is 6. The molecule has 0 spiro atoms. The minimum atomic E-state index is -0.789. The highest BCUT2D eigenvalue weighted by Crippen LogP contribution is 2.19. The minimum Gasteiger partial charge on any atom is -0.462 e. The Morgan fingerprint density at radius 2 is 0.514 bits per heavy atom. The first-order valence-corrected chi connectivity index (χ1v) is 33.3. The lowest BCUT2D eigenvalue weighted by Gasteiger charge is -2.18. The highest BCUT2D eigenvalue weighted by atomic mass is 16.6. The standard InChI is InChI=1S/C68H128O6/c1-4-7-10-13-16-19-22-24-26-28-30-32-34-36-38-40-42-44-46-49-52-55-58-61-67(70)73-64-65(63-72-66(69)60-57-54-51-48-21-18-15-12-9-6-3)74-68(71)62-59-56-53-50-47-45-43-41-39-37-35-33-31-29-27-25-23-20-17-14-11-8-5-2/h18,21,51,54,65H,4-17,19-20,22-50,52-53,55-64H2,1-3H3/b21-18-,54-51-. The van der Waals surface area contributed by atoms with Gasteiger partial charge in [-0.2, -0.15) is 0 Å². The van der Waals surface area contributed by atoms with E-state index in [4.69, 9.17) is 14.2 Å². The molecule has 74 heavy (non-hydrogen) atoms. The van der Waals surface area contributed by atoms with Crippen molar-refractivity contribution in [3.05, 3.63) is 24.3 Å². The first-order valence-electron chi connectivity index (χ1n) is 33.3. The molecular formula is C68H128O6. The van der Waals surface area contributed by atoms with E-state index in [9.17, 15) is 14.4 Å². The van der Waals surface area contributed by atoms with Crippen LogP contribution in [0.25, 0.3) is 0 Å². The monoisotopic (exact) mass is 1040 g/mol. The van der Waals surface area contributed by atoms with Crippen LogP contribution in [-0.4, -0.2) is 37.2 Å². The highest BCUT2D eigenvalue weighted by molar-refractivity contribution is 5.71. The van der Waals surface area contributed by atoms with Gasteiger partial charge in [-0.05, 0) is 38.5 Å². The lowest BCUT2D eigenvalue weighted by atomic mass is 10.0. The summed E-state index contributed by atoms with van der Waals surface area (Å²) in [7, 11) is 0. The number of hydrogen-bond donors (Lipinski definition) is 0. The Hall–Kier alpha value is -2.11. The van der Waals surface area contributed by atoms with Crippen LogP contribution < -0.4 is 0 Å². The molecule has 0 heterocycles. The summed E-state index contributed by atoms with van der Waals surface area (Å²) in [6.07, 6.45) is 76.6. The Morgan fingerprint density at radius 3 is 0.824 bits per heavy atom. The maximum Gasteiger partial charge on any atom is 0.306 e. The fourth-order valence-electron chi connectivity index (χ4n) is 10.2. The lowest BCUT2D eigenvalue weighted by Crippen LogP contribution is -2.30. The molecule has 0 aliphatic carbocycles. The molecule has 6 heteroatoms. The summed E-state index contributed by atoms with van der Waals surface area (Å²) < 4.78 is 16.9. The minimum absolute atomic E-state index is 0.0822. The van der Waals surface area contributed by atoms with Crippen molar-refractivity contribution >= 4 is 17.9 Å². The summed E-state index contributed by atoms with van der Waals surface area (Å²) in [4.78, 5) is 38.2. The third-order valence-corrected chi connectivity index (χ3v) is 15.2. The number of ether oxygens (including phenoxy) is 3. The second-order valence-corrected chi connectivity index (χ2v) is 22.7. The van der Waals surface area contributed by atoms with Gasteiger partial charge < -0.3 is 14.2 Å². The van der Waals surface area contributed by atoms with Crippen molar-refractivity contribution in [2.45, 2.75) is 380 Å². The van der Waals surface area contributed by atoms with Crippen LogP contribution in [0.5, 0.6) is 0 Å². The van der Waals surface area contributed by atoms with Gasteiger partial charge >= 0.3 is 17.9 Å². The fourth-order valence-corrected chi connectivity index (χ4v) is 10.2. The molecule has 0 aromatic heterocycles. The average molecular weight is 1040 g/mol. The molecule has 0 amide bonds. The van der Waals surface area contributed by atoms with Gasteiger partial charge in [0, 0.05) is 19.3 Å². The molecule has 0 rings (SSSR count). The summed E-state index contributed by atoms with van der Waals surface area (Å²) >= 11 is 0. The number of carbonyl (C=O) groups is 3. The van der Waals surface area contributed by atoms with E-state index in [1.54, 1.807) is 0 Å². The summed E-state index contributed by atoms with van der Waals surface area (Å²) in [5.74, 6) is -0.928. The van der Waals surface area contributed by atoms with Gasteiger partial charge in [0.15, 0.2) is 6.10 Å². The molecule has 6 nitrogen and oxygen atoms in total. The Bertz CT molecular complexity index is 1190. The molecule has 436 valence electrons. The molecule has 1 unspecified atom stereocenters. The molecule has 0 fully saturated rings. The van der Waals surface area contributed by atoms with Crippen molar-refractivity contribution in [3.63, 3.8) is 0 Å². The van der Waals surface area contributed by atoms with Crippen LogP contribution in [0.1, 0.15) is 374 Å². The van der Waals surface area contributed by atoms with E-state index in [1.165, 1.54) is 276 Å². The quantitative estimate of drug-likeness (QED) is 0.0261. The molecular weight excluding hydrogens is 913 g/mol. The van der Waals surface area contributed by atoms with E-state index in [2.05, 4.69) is 39.0 Å². The molecule has 1 atom stereocenters. The SMILES string of the molecule is CCCCC/C=C\C/C=C\CCC(=O)OCC(COC(=O)CCCCCCCCCCCCCCCCCCCCCCCCC)OC(=O)CCCCCCCCCCCCCCCCCCCCCCCCC. The number of carbonyl (C=O) groups excluding carboxylic acids is 3. The number of unbranched alkanes of at least 4 members (excludes halogenated alkanes) is 47. The molecule has 0 bridgehead atoms. The summed E-state index contributed by atoms with van der Waals surface area (Å²) in [6.45, 7) is 6.63. The fraction of sp³-hybridized carbons (Fsp3) is 0.897. The maximum absolute atomic E-state index is 12.9. The van der Waals surface area contributed by atoms with E-state index < -0.39 is 6.10 Å². The van der Waals surface area contributed by atoms with Gasteiger partial charge in [0.2, 0.25) is 0 Å². The largest absolute Gasteiger partial charge is 0.462 e. The van der Waals surface area contributed by atoms with Crippen molar-refractivity contribution in [3.8, 4) is 0 Å². The summed E-state index contributed by atoms with van der Waals surface area (Å²) in [5, 5.41) is 0. The van der Waals surface area contributed by atoms with Gasteiger partial charge in [0.25, 0.3) is 0 Å². The van der Waals surface area contributed by atoms with Crippen LogP contribution in [0, 0.1) is 0 Å². The van der Waals surface area contributed by atoms with Crippen LogP contribution in [0.2, 0.25) is 0 Å². The Labute approximate surface area is 462 Å². The predicted molar refractivity (Wildman–Crippen MR) is 321 cm³/mol. The van der Waals surface area contributed by atoms with Crippen molar-refractivity contribution in [1.29, 1.82) is 0 Å². The molecule has 0 aromatic carbocycles. The average Bonchev–Trinajstić information content (AvgIpc) is 3.40. The highest BCUT2D eigenvalue weighted by Gasteiger charge is 2.19. The van der Waals surface area contributed by atoms with Crippen LogP contribution in [-0.2, 0) is 28.6 Å². The Morgan fingerprint density at radius 1 is 0.270 bits per heavy atom. The zero-order valence-corrected chi connectivity index (χ0v) is 50.1. The third-order valence-electron chi connectivity index (χ3n) is 15.2. The molecule has 0 N–H and O–H groups in total. The Kier molecular flexibility index (Phi) is 61.6. The van der Waals surface area contributed by atoms with E-state index in [1.807, 2.05) is 6.08 Å². The number of rotatable bonds is 62. The zero-order chi connectivity index (χ0) is 53.6. The van der Waals surface area contributed by atoms with E-state index in [0.717, 1.165) is 51.4 Å². The van der Waals surface area contributed by atoms with E-state index >= 15 is 0 Å². The maximum atomic E-state index is 12.9. The first-order chi connectivity index (χ1) is 36.5. The summed E-state index contributed by atoms with van der Waals surface area (Å²) in [6, 6.07) is 0. The van der Waals surface area contributed by atoms with Crippen molar-refractivity contribution < 1.29 is 28.6 Å². The smallest absolute Gasteiger partial charge is 0.306 e. The molecule has 0 saturated carbocycles. The van der Waals surface area contributed by atoms with Crippen LogP contribution in [0.3, 0.4) is 0 Å². The van der Waals surface area contributed by atoms with Crippen molar-refractivity contribution in [1.82, 2.24) is 0 Å².